The predicted molar refractivity (Wildman–Crippen MR) is 46.6 cm³/mol. The monoisotopic (exact) mass is 170 g/mol. The van der Waals surface area contributed by atoms with Crippen LogP contribution in [0.25, 0.3) is 0 Å². The van der Waals surface area contributed by atoms with Crippen LogP contribution in [0, 0.1) is 0 Å². The van der Waals surface area contributed by atoms with Gasteiger partial charge in [-0.3, -0.25) is 0 Å². The molecule has 1 unspecified atom stereocenters. The summed E-state index contributed by atoms with van der Waals surface area (Å²) in [6, 6.07) is 0. The van der Waals surface area contributed by atoms with Gasteiger partial charge in [0.1, 0.15) is 6.10 Å². The molecule has 1 atom stereocenters. The van der Waals surface area contributed by atoms with E-state index in [-0.39, 0.29) is 6.61 Å². The van der Waals surface area contributed by atoms with Crippen molar-refractivity contribution < 1.29 is 14.6 Å². The first-order chi connectivity index (χ1) is 5.70. The first-order valence-electron chi connectivity index (χ1n) is 3.81. The minimum Gasteiger partial charge on any atom is -0.457 e. The number of esters is 1. The van der Waals surface area contributed by atoms with E-state index in [9.17, 15) is 4.79 Å². The third-order valence-corrected chi connectivity index (χ3v) is 1.11. The van der Waals surface area contributed by atoms with Crippen LogP contribution >= 0.6 is 0 Å². The standard InChI is InChI=1S/C9H14O3/c1-3-4-5-6-9(11)12-8(2)7-10/h3-6,8,10H,7H2,1-2H3/b4-3+,6-5+. The maximum Gasteiger partial charge on any atom is 0.331 e. The number of aliphatic hydroxyl groups is 1. The highest BCUT2D eigenvalue weighted by Crippen LogP contribution is 1.91. The van der Waals surface area contributed by atoms with Gasteiger partial charge in [0.25, 0.3) is 0 Å². The fraction of sp³-hybridized carbons (Fsp3) is 0.444. The molecule has 1 N–H and O–H groups in total. The third kappa shape index (κ3) is 5.68. The Morgan fingerprint density at radius 3 is 2.75 bits per heavy atom. The second-order valence-electron chi connectivity index (χ2n) is 2.31. The highest BCUT2D eigenvalue weighted by molar-refractivity contribution is 5.82. The Hall–Kier alpha value is -1.09. The lowest BCUT2D eigenvalue weighted by atomic mass is 10.4. The van der Waals surface area contributed by atoms with Gasteiger partial charge in [-0.15, -0.1) is 0 Å². The highest BCUT2D eigenvalue weighted by atomic mass is 16.5. The Morgan fingerprint density at radius 2 is 2.25 bits per heavy atom. The minimum atomic E-state index is -0.437. The first kappa shape index (κ1) is 10.9. The van der Waals surface area contributed by atoms with Crippen molar-refractivity contribution in [1.29, 1.82) is 0 Å². The van der Waals surface area contributed by atoms with E-state index in [2.05, 4.69) is 0 Å². The van der Waals surface area contributed by atoms with Crippen molar-refractivity contribution in [2.24, 2.45) is 0 Å². The van der Waals surface area contributed by atoms with Gasteiger partial charge in [-0.05, 0) is 13.8 Å². The van der Waals surface area contributed by atoms with E-state index >= 15 is 0 Å². The molecule has 0 saturated carbocycles. The number of hydrogen-bond donors (Lipinski definition) is 1. The molecule has 0 fully saturated rings. The molecule has 0 bridgehead atoms. The van der Waals surface area contributed by atoms with Crippen molar-refractivity contribution in [3.8, 4) is 0 Å². The fourth-order valence-electron chi connectivity index (χ4n) is 0.520. The molecule has 68 valence electrons. The number of carbonyl (C=O) groups excluding carboxylic acids is 1. The summed E-state index contributed by atoms with van der Waals surface area (Å²) in [5.74, 6) is -0.436. The van der Waals surface area contributed by atoms with Gasteiger partial charge in [0.15, 0.2) is 0 Å². The Bertz CT molecular complexity index is 182. The van der Waals surface area contributed by atoms with Gasteiger partial charge >= 0.3 is 5.97 Å². The summed E-state index contributed by atoms with van der Waals surface area (Å²) in [6.45, 7) is 3.33. The Labute approximate surface area is 72.3 Å². The number of ether oxygens (including phenoxy) is 1. The van der Waals surface area contributed by atoms with Crippen LogP contribution in [0.1, 0.15) is 13.8 Å². The lowest BCUT2D eigenvalue weighted by Gasteiger charge is -2.06. The van der Waals surface area contributed by atoms with Gasteiger partial charge in [0.05, 0.1) is 6.61 Å². The molecular formula is C9H14O3. The quantitative estimate of drug-likeness (QED) is 0.389. The van der Waals surface area contributed by atoms with Crippen molar-refractivity contribution in [2.45, 2.75) is 20.0 Å². The zero-order chi connectivity index (χ0) is 9.40. The predicted octanol–water partition coefficient (Wildman–Crippen LogP) is 1.04. The number of aliphatic hydroxyl groups excluding tert-OH is 1. The van der Waals surface area contributed by atoms with Gasteiger partial charge in [-0.2, -0.15) is 0 Å². The Morgan fingerprint density at radius 1 is 1.58 bits per heavy atom. The van der Waals surface area contributed by atoms with Crippen molar-refractivity contribution in [3.05, 3.63) is 24.3 Å². The van der Waals surface area contributed by atoms with Crippen molar-refractivity contribution in [3.63, 3.8) is 0 Å². The number of hydrogen-bond acceptors (Lipinski definition) is 3. The average Bonchev–Trinajstić information content (AvgIpc) is 2.05. The second-order valence-corrected chi connectivity index (χ2v) is 2.31. The lowest BCUT2D eigenvalue weighted by Crippen LogP contribution is -2.16. The molecule has 0 amide bonds. The Balaban J connectivity index is 3.73. The second kappa shape index (κ2) is 6.61. The Kier molecular flexibility index (Phi) is 6.01. The molecule has 0 aromatic rings. The lowest BCUT2D eigenvalue weighted by molar-refractivity contribution is -0.143. The summed E-state index contributed by atoms with van der Waals surface area (Å²) >= 11 is 0. The van der Waals surface area contributed by atoms with Crippen LogP contribution in [0.4, 0.5) is 0 Å². The molecule has 0 aliphatic carbocycles. The molecule has 0 aromatic carbocycles. The van der Waals surface area contributed by atoms with E-state index in [4.69, 9.17) is 9.84 Å². The van der Waals surface area contributed by atoms with Gasteiger partial charge in [0, 0.05) is 6.08 Å². The normalized spacial score (nSPS) is 13.9. The molecule has 0 saturated heterocycles. The van der Waals surface area contributed by atoms with Crippen LogP contribution in [0.3, 0.4) is 0 Å². The van der Waals surface area contributed by atoms with Crippen LogP contribution in [0.15, 0.2) is 24.3 Å². The molecule has 0 aliphatic rings. The largest absolute Gasteiger partial charge is 0.457 e. The zero-order valence-electron chi connectivity index (χ0n) is 7.36. The third-order valence-electron chi connectivity index (χ3n) is 1.11. The number of carbonyl (C=O) groups is 1. The molecule has 3 nitrogen and oxygen atoms in total. The minimum absolute atomic E-state index is 0.150. The topological polar surface area (TPSA) is 46.5 Å². The van der Waals surface area contributed by atoms with E-state index in [1.807, 2.05) is 6.92 Å². The summed E-state index contributed by atoms with van der Waals surface area (Å²) in [7, 11) is 0. The molecule has 0 aromatic heterocycles. The number of rotatable bonds is 4. The van der Waals surface area contributed by atoms with Crippen LogP contribution in [0.2, 0.25) is 0 Å². The van der Waals surface area contributed by atoms with Crippen LogP contribution in [-0.2, 0) is 9.53 Å². The van der Waals surface area contributed by atoms with Crippen molar-refractivity contribution in [2.75, 3.05) is 6.61 Å². The van der Waals surface area contributed by atoms with E-state index < -0.39 is 12.1 Å². The number of allylic oxidation sites excluding steroid dienone is 3. The van der Waals surface area contributed by atoms with E-state index in [1.165, 1.54) is 6.08 Å². The summed E-state index contributed by atoms with van der Waals surface area (Å²) in [5, 5.41) is 8.54. The molecule has 0 spiro atoms. The summed E-state index contributed by atoms with van der Waals surface area (Å²) < 4.78 is 4.74. The maximum absolute atomic E-state index is 10.8. The molecule has 3 heteroatoms. The maximum atomic E-state index is 10.8. The molecular weight excluding hydrogens is 156 g/mol. The molecule has 0 heterocycles. The zero-order valence-corrected chi connectivity index (χ0v) is 7.36. The molecule has 0 aliphatic heterocycles. The highest BCUT2D eigenvalue weighted by Gasteiger charge is 2.03. The van der Waals surface area contributed by atoms with Crippen LogP contribution in [0.5, 0.6) is 0 Å². The smallest absolute Gasteiger partial charge is 0.331 e. The van der Waals surface area contributed by atoms with Gasteiger partial charge in [-0.1, -0.05) is 18.2 Å². The fourth-order valence-corrected chi connectivity index (χ4v) is 0.520. The van der Waals surface area contributed by atoms with Crippen molar-refractivity contribution >= 4 is 5.97 Å². The first-order valence-corrected chi connectivity index (χ1v) is 3.81. The van der Waals surface area contributed by atoms with E-state index in [1.54, 1.807) is 25.2 Å². The summed E-state index contributed by atoms with van der Waals surface area (Å²) in [5.41, 5.74) is 0. The summed E-state index contributed by atoms with van der Waals surface area (Å²) in [6.07, 6.45) is 6.00. The van der Waals surface area contributed by atoms with E-state index in [0.717, 1.165) is 0 Å². The molecule has 0 radical (unpaired) electrons. The molecule has 0 rings (SSSR count). The van der Waals surface area contributed by atoms with Crippen LogP contribution in [-0.4, -0.2) is 23.8 Å². The summed E-state index contributed by atoms with van der Waals surface area (Å²) in [4.78, 5) is 10.8. The van der Waals surface area contributed by atoms with E-state index in [0.29, 0.717) is 0 Å². The SMILES string of the molecule is C/C=C/C=C/C(=O)OC(C)CO. The van der Waals surface area contributed by atoms with Gasteiger partial charge in [0.2, 0.25) is 0 Å². The van der Waals surface area contributed by atoms with Crippen LogP contribution < -0.4 is 0 Å². The average molecular weight is 170 g/mol. The van der Waals surface area contributed by atoms with Gasteiger partial charge in [-0.25, -0.2) is 4.79 Å². The van der Waals surface area contributed by atoms with Crippen molar-refractivity contribution in [1.82, 2.24) is 0 Å². The molecule has 12 heavy (non-hydrogen) atoms. The van der Waals surface area contributed by atoms with Gasteiger partial charge < -0.3 is 9.84 Å².